The van der Waals surface area contributed by atoms with Crippen LogP contribution in [-0.4, -0.2) is 45.4 Å². The lowest BCUT2D eigenvalue weighted by Gasteiger charge is -2.33. The Hall–Kier alpha value is -2.77. The SMILES string of the molecule is CCOc1cc(CN2CCC(n3c(C)nc4cc(OC(=O)O)ccc43)CC2)ccc1Cl. The van der Waals surface area contributed by atoms with Gasteiger partial charge in [-0.05, 0) is 56.5 Å². The molecule has 0 bridgehead atoms. The van der Waals surface area contributed by atoms with Crippen molar-refractivity contribution in [2.75, 3.05) is 19.7 Å². The van der Waals surface area contributed by atoms with Crippen molar-refractivity contribution in [1.82, 2.24) is 14.5 Å². The molecule has 0 atom stereocenters. The van der Waals surface area contributed by atoms with Crippen LogP contribution < -0.4 is 9.47 Å². The number of hydrogen-bond donors (Lipinski definition) is 1. The number of rotatable bonds is 6. The van der Waals surface area contributed by atoms with Crippen molar-refractivity contribution in [3.63, 3.8) is 0 Å². The van der Waals surface area contributed by atoms with Crippen LogP contribution in [0.3, 0.4) is 0 Å². The van der Waals surface area contributed by atoms with Crippen molar-refractivity contribution in [1.29, 1.82) is 0 Å². The Balaban J connectivity index is 1.44. The van der Waals surface area contributed by atoms with E-state index in [1.54, 1.807) is 12.1 Å². The third kappa shape index (κ3) is 4.78. The number of imidazole rings is 1. The van der Waals surface area contributed by atoms with Crippen LogP contribution in [0.2, 0.25) is 5.02 Å². The molecule has 0 unspecified atom stereocenters. The summed E-state index contributed by atoms with van der Waals surface area (Å²) in [6, 6.07) is 11.6. The number of carbonyl (C=O) groups is 1. The average Bonchev–Trinajstić information content (AvgIpc) is 3.06. The van der Waals surface area contributed by atoms with Gasteiger partial charge < -0.3 is 19.1 Å². The Morgan fingerprint density at radius 1 is 1.23 bits per heavy atom. The Morgan fingerprint density at radius 3 is 2.71 bits per heavy atom. The maximum absolute atomic E-state index is 10.8. The van der Waals surface area contributed by atoms with Gasteiger partial charge in [0.05, 0.1) is 22.7 Å². The van der Waals surface area contributed by atoms with Gasteiger partial charge in [0.25, 0.3) is 0 Å². The van der Waals surface area contributed by atoms with E-state index in [0.29, 0.717) is 17.7 Å². The Bertz CT molecular complexity index is 1090. The summed E-state index contributed by atoms with van der Waals surface area (Å²) in [6.45, 7) is 7.37. The van der Waals surface area contributed by atoms with Crippen LogP contribution in [0.5, 0.6) is 11.5 Å². The van der Waals surface area contributed by atoms with Crippen molar-refractivity contribution >= 4 is 28.8 Å². The number of aromatic nitrogens is 2. The van der Waals surface area contributed by atoms with Crippen molar-refractivity contribution < 1.29 is 19.4 Å². The number of hydrogen-bond acceptors (Lipinski definition) is 5. The fourth-order valence-corrected chi connectivity index (χ4v) is 4.50. The molecule has 0 saturated carbocycles. The number of nitrogens with zero attached hydrogens (tertiary/aromatic N) is 3. The Kier molecular flexibility index (Phi) is 6.34. The highest BCUT2D eigenvalue weighted by atomic mass is 35.5. The second-order valence-corrected chi connectivity index (χ2v) is 8.16. The topological polar surface area (TPSA) is 76.8 Å². The van der Waals surface area contributed by atoms with Crippen LogP contribution >= 0.6 is 11.6 Å². The zero-order valence-corrected chi connectivity index (χ0v) is 18.4. The summed E-state index contributed by atoms with van der Waals surface area (Å²) in [5.74, 6) is 1.96. The zero-order valence-electron chi connectivity index (χ0n) is 17.7. The number of aryl methyl sites for hydroxylation is 1. The number of benzene rings is 2. The lowest BCUT2D eigenvalue weighted by molar-refractivity contribution is 0.144. The molecule has 164 valence electrons. The molecular weight excluding hydrogens is 418 g/mol. The van der Waals surface area contributed by atoms with Crippen molar-refractivity contribution in [2.45, 2.75) is 39.3 Å². The molecule has 1 aliphatic rings. The van der Waals surface area contributed by atoms with Crippen LogP contribution in [0, 0.1) is 6.92 Å². The summed E-state index contributed by atoms with van der Waals surface area (Å²) in [6.07, 6.45) is 0.717. The first-order valence-corrected chi connectivity index (χ1v) is 10.9. The van der Waals surface area contributed by atoms with Gasteiger partial charge in [0.2, 0.25) is 0 Å². The first-order valence-electron chi connectivity index (χ1n) is 10.5. The maximum Gasteiger partial charge on any atom is 0.511 e. The third-order valence-corrected chi connectivity index (χ3v) is 5.98. The lowest BCUT2D eigenvalue weighted by atomic mass is 10.0. The number of piperidine rings is 1. The van der Waals surface area contributed by atoms with Gasteiger partial charge in [0.15, 0.2) is 0 Å². The lowest BCUT2D eigenvalue weighted by Crippen LogP contribution is -2.34. The van der Waals surface area contributed by atoms with E-state index < -0.39 is 6.16 Å². The number of fused-ring (bicyclic) bond motifs is 1. The van der Waals surface area contributed by atoms with Gasteiger partial charge in [-0.25, -0.2) is 9.78 Å². The van der Waals surface area contributed by atoms with Gasteiger partial charge in [-0.1, -0.05) is 17.7 Å². The van der Waals surface area contributed by atoms with E-state index in [1.807, 2.05) is 32.0 Å². The number of halogens is 1. The Morgan fingerprint density at radius 2 is 2.00 bits per heavy atom. The predicted molar refractivity (Wildman–Crippen MR) is 119 cm³/mol. The minimum atomic E-state index is -1.32. The summed E-state index contributed by atoms with van der Waals surface area (Å²) in [5.41, 5.74) is 2.96. The van der Waals surface area contributed by atoms with E-state index in [-0.39, 0.29) is 5.75 Å². The molecule has 1 fully saturated rings. The normalized spacial score (nSPS) is 15.3. The molecule has 0 aliphatic carbocycles. The molecule has 31 heavy (non-hydrogen) atoms. The van der Waals surface area contributed by atoms with Crippen LogP contribution in [0.25, 0.3) is 11.0 Å². The standard InChI is InChI=1S/C23H26ClN3O4/c1-3-30-22-12-16(4-6-19(22)24)14-26-10-8-17(9-11-26)27-15(2)25-20-13-18(31-23(28)29)5-7-21(20)27/h4-7,12-13,17H,3,8-11,14H2,1-2H3,(H,28,29). The monoisotopic (exact) mass is 443 g/mol. The molecule has 8 heteroatoms. The average molecular weight is 444 g/mol. The number of carboxylic acid groups (broad SMARTS) is 1. The van der Waals surface area contributed by atoms with E-state index in [2.05, 4.69) is 20.5 Å². The summed E-state index contributed by atoms with van der Waals surface area (Å²) >= 11 is 6.21. The molecule has 0 radical (unpaired) electrons. The fourth-order valence-electron chi connectivity index (χ4n) is 4.33. The summed E-state index contributed by atoms with van der Waals surface area (Å²) < 4.78 is 12.6. The second kappa shape index (κ2) is 9.16. The third-order valence-electron chi connectivity index (χ3n) is 5.67. The largest absolute Gasteiger partial charge is 0.511 e. The van der Waals surface area contributed by atoms with Gasteiger partial charge in [0.1, 0.15) is 17.3 Å². The first-order chi connectivity index (χ1) is 14.9. The van der Waals surface area contributed by atoms with Crippen molar-refractivity contribution in [2.24, 2.45) is 0 Å². The smallest absolute Gasteiger partial charge is 0.492 e. The molecule has 2 aromatic carbocycles. The van der Waals surface area contributed by atoms with E-state index in [1.165, 1.54) is 5.56 Å². The van der Waals surface area contributed by atoms with Gasteiger partial charge >= 0.3 is 6.16 Å². The quantitative estimate of drug-likeness (QED) is 0.412. The highest BCUT2D eigenvalue weighted by Gasteiger charge is 2.24. The maximum atomic E-state index is 10.8. The molecule has 1 aliphatic heterocycles. The van der Waals surface area contributed by atoms with Crippen molar-refractivity contribution in [3.8, 4) is 11.5 Å². The molecule has 0 spiro atoms. The van der Waals surface area contributed by atoms with Gasteiger partial charge in [-0.3, -0.25) is 4.90 Å². The van der Waals surface area contributed by atoms with Crippen LogP contribution in [0.1, 0.15) is 37.2 Å². The van der Waals surface area contributed by atoms with E-state index in [9.17, 15) is 4.79 Å². The first kappa shape index (κ1) is 21.5. The van der Waals surface area contributed by atoms with Crippen LogP contribution in [-0.2, 0) is 6.54 Å². The molecule has 1 N–H and O–H groups in total. The summed E-state index contributed by atoms with van der Waals surface area (Å²) in [4.78, 5) is 17.9. The number of ether oxygens (including phenoxy) is 2. The fraction of sp³-hybridized carbons (Fsp3) is 0.391. The van der Waals surface area contributed by atoms with Gasteiger partial charge in [-0.2, -0.15) is 0 Å². The van der Waals surface area contributed by atoms with E-state index in [0.717, 1.165) is 55.1 Å². The predicted octanol–water partition coefficient (Wildman–Crippen LogP) is 5.29. The molecule has 3 aromatic rings. The minimum Gasteiger partial charge on any atom is -0.492 e. The highest BCUT2D eigenvalue weighted by Crippen LogP contribution is 2.32. The molecule has 2 heterocycles. The zero-order chi connectivity index (χ0) is 22.0. The highest BCUT2D eigenvalue weighted by molar-refractivity contribution is 6.32. The van der Waals surface area contributed by atoms with Crippen LogP contribution in [0.4, 0.5) is 4.79 Å². The molecule has 1 saturated heterocycles. The van der Waals surface area contributed by atoms with E-state index in [4.69, 9.17) is 26.2 Å². The van der Waals surface area contributed by atoms with Crippen LogP contribution in [0.15, 0.2) is 36.4 Å². The summed E-state index contributed by atoms with van der Waals surface area (Å²) in [5, 5.41) is 9.46. The van der Waals surface area contributed by atoms with Gasteiger partial charge in [-0.15, -0.1) is 0 Å². The Labute approximate surface area is 186 Å². The molecular formula is C23H26ClN3O4. The van der Waals surface area contributed by atoms with E-state index >= 15 is 0 Å². The summed E-state index contributed by atoms with van der Waals surface area (Å²) in [7, 11) is 0. The molecule has 1 aromatic heterocycles. The molecule has 0 amide bonds. The van der Waals surface area contributed by atoms with Gasteiger partial charge in [0, 0.05) is 31.7 Å². The minimum absolute atomic E-state index is 0.286. The van der Waals surface area contributed by atoms with Crippen molar-refractivity contribution in [3.05, 3.63) is 52.8 Å². The molecule has 4 rings (SSSR count). The second-order valence-electron chi connectivity index (χ2n) is 7.75. The number of likely N-dealkylation sites (tertiary alicyclic amines) is 1. The molecule has 7 nitrogen and oxygen atoms in total.